The van der Waals surface area contributed by atoms with Crippen LogP contribution in [0.4, 0.5) is 13.2 Å². The molecule has 2 nitrogen and oxygen atoms in total. The molecule has 0 saturated heterocycles. The Kier molecular flexibility index (Phi) is 3.87. The van der Waals surface area contributed by atoms with E-state index in [1.54, 1.807) is 25.2 Å². The molecule has 1 atom stereocenters. The summed E-state index contributed by atoms with van der Waals surface area (Å²) >= 11 is 5.68. The van der Waals surface area contributed by atoms with Gasteiger partial charge in [-0.15, -0.1) is 0 Å². The lowest BCUT2D eigenvalue weighted by molar-refractivity contribution is -0.137. The molecule has 0 amide bonds. The Morgan fingerprint density at radius 3 is 2.47 bits per heavy atom. The van der Waals surface area contributed by atoms with Crippen LogP contribution in [-0.2, 0) is 6.18 Å². The summed E-state index contributed by atoms with van der Waals surface area (Å²) in [4.78, 5) is 0. The smallest absolute Gasteiger partial charge is 0.416 e. The molecule has 0 aliphatic carbocycles. The standard InChI is InChI=1S/C13H11ClF3NO/c1-18-12(10-5-6-11(14)19-10)8-3-2-4-9(7-8)13(15,16)17/h2-7,12,18H,1H3. The molecular weight excluding hydrogens is 279 g/mol. The Morgan fingerprint density at radius 2 is 1.95 bits per heavy atom. The van der Waals surface area contributed by atoms with E-state index in [-0.39, 0.29) is 5.22 Å². The summed E-state index contributed by atoms with van der Waals surface area (Å²) in [5.74, 6) is 0.465. The number of furan rings is 1. The van der Waals surface area contributed by atoms with Crippen LogP contribution in [0.2, 0.25) is 5.22 Å². The van der Waals surface area contributed by atoms with E-state index < -0.39 is 17.8 Å². The Labute approximate surface area is 113 Å². The fraction of sp³-hybridized carbons (Fsp3) is 0.231. The molecule has 102 valence electrons. The molecule has 1 unspecified atom stereocenters. The second kappa shape index (κ2) is 5.27. The van der Waals surface area contributed by atoms with Crippen molar-refractivity contribution in [3.8, 4) is 0 Å². The molecule has 6 heteroatoms. The van der Waals surface area contributed by atoms with Crippen molar-refractivity contribution in [3.05, 3.63) is 58.5 Å². The van der Waals surface area contributed by atoms with Gasteiger partial charge < -0.3 is 9.73 Å². The van der Waals surface area contributed by atoms with Crippen molar-refractivity contribution in [2.75, 3.05) is 7.05 Å². The average Bonchev–Trinajstić information content (AvgIpc) is 2.76. The van der Waals surface area contributed by atoms with Crippen LogP contribution in [0.25, 0.3) is 0 Å². The zero-order valence-electron chi connectivity index (χ0n) is 9.96. The quantitative estimate of drug-likeness (QED) is 0.913. The second-order valence-electron chi connectivity index (χ2n) is 3.99. The fourth-order valence-electron chi connectivity index (χ4n) is 1.85. The molecule has 1 N–H and O–H groups in total. The normalized spacial score (nSPS) is 13.5. The second-order valence-corrected chi connectivity index (χ2v) is 4.36. The highest BCUT2D eigenvalue weighted by molar-refractivity contribution is 6.28. The SMILES string of the molecule is CNC(c1cccc(C(F)(F)F)c1)c1ccc(Cl)o1. The van der Waals surface area contributed by atoms with Gasteiger partial charge in [0.25, 0.3) is 0 Å². The van der Waals surface area contributed by atoms with E-state index in [9.17, 15) is 13.2 Å². The third-order valence-electron chi connectivity index (χ3n) is 2.71. The van der Waals surface area contributed by atoms with Crippen molar-refractivity contribution in [2.24, 2.45) is 0 Å². The summed E-state index contributed by atoms with van der Waals surface area (Å²) in [7, 11) is 1.64. The highest BCUT2D eigenvalue weighted by Gasteiger charge is 2.31. The number of nitrogens with one attached hydrogen (secondary N) is 1. The van der Waals surface area contributed by atoms with Gasteiger partial charge in [0, 0.05) is 0 Å². The van der Waals surface area contributed by atoms with Gasteiger partial charge in [0.2, 0.25) is 0 Å². The monoisotopic (exact) mass is 289 g/mol. The fourth-order valence-corrected chi connectivity index (χ4v) is 2.00. The molecule has 0 saturated carbocycles. The highest BCUT2D eigenvalue weighted by atomic mass is 35.5. The summed E-state index contributed by atoms with van der Waals surface area (Å²) in [5, 5.41) is 3.10. The number of halogens is 4. The first-order chi connectivity index (χ1) is 8.91. The van der Waals surface area contributed by atoms with E-state index in [0.29, 0.717) is 11.3 Å². The number of alkyl halides is 3. The average molecular weight is 290 g/mol. The van der Waals surface area contributed by atoms with Gasteiger partial charge in [-0.05, 0) is 48.5 Å². The maximum Gasteiger partial charge on any atom is 0.416 e. The van der Waals surface area contributed by atoms with Crippen LogP contribution in [-0.4, -0.2) is 7.05 Å². The van der Waals surface area contributed by atoms with Crippen LogP contribution in [0.3, 0.4) is 0 Å². The minimum atomic E-state index is -4.37. The van der Waals surface area contributed by atoms with Crippen molar-refractivity contribution in [2.45, 2.75) is 12.2 Å². The minimum Gasteiger partial charge on any atom is -0.448 e. The van der Waals surface area contributed by atoms with Crippen molar-refractivity contribution in [3.63, 3.8) is 0 Å². The first kappa shape index (κ1) is 14.0. The van der Waals surface area contributed by atoms with E-state index >= 15 is 0 Å². The number of hydrogen-bond acceptors (Lipinski definition) is 2. The van der Waals surface area contributed by atoms with Crippen molar-refractivity contribution < 1.29 is 17.6 Å². The van der Waals surface area contributed by atoms with Gasteiger partial charge >= 0.3 is 6.18 Å². The van der Waals surface area contributed by atoms with Gasteiger partial charge in [-0.1, -0.05) is 12.1 Å². The van der Waals surface area contributed by atoms with Crippen molar-refractivity contribution in [1.82, 2.24) is 5.32 Å². The van der Waals surface area contributed by atoms with Gasteiger partial charge in [0.05, 0.1) is 11.6 Å². The molecule has 0 fully saturated rings. The molecule has 1 aromatic heterocycles. The molecule has 0 bridgehead atoms. The minimum absolute atomic E-state index is 0.197. The number of rotatable bonds is 3. The summed E-state index contributed by atoms with van der Waals surface area (Å²) in [6.07, 6.45) is -4.37. The topological polar surface area (TPSA) is 25.2 Å². The number of benzene rings is 1. The molecule has 1 heterocycles. The Bertz CT molecular complexity index is 565. The molecule has 0 aliphatic rings. The molecule has 0 aliphatic heterocycles. The Hall–Kier alpha value is -1.46. The lowest BCUT2D eigenvalue weighted by atomic mass is 10.0. The van der Waals surface area contributed by atoms with Crippen LogP contribution in [0.1, 0.15) is 22.9 Å². The van der Waals surface area contributed by atoms with E-state index in [4.69, 9.17) is 16.0 Å². The van der Waals surface area contributed by atoms with Gasteiger partial charge in [-0.25, -0.2) is 0 Å². The lowest BCUT2D eigenvalue weighted by Crippen LogP contribution is -2.18. The predicted octanol–water partition coefficient (Wildman–Crippen LogP) is 4.26. The molecule has 0 spiro atoms. The maximum atomic E-state index is 12.7. The Balaban J connectivity index is 2.39. The van der Waals surface area contributed by atoms with Crippen LogP contribution in [0, 0.1) is 0 Å². The number of hydrogen-bond donors (Lipinski definition) is 1. The van der Waals surface area contributed by atoms with E-state index in [1.807, 2.05) is 0 Å². The molecular formula is C13H11ClF3NO. The van der Waals surface area contributed by atoms with Crippen LogP contribution in [0.5, 0.6) is 0 Å². The van der Waals surface area contributed by atoms with E-state index in [1.165, 1.54) is 6.07 Å². The van der Waals surface area contributed by atoms with Crippen LogP contribution in [0.15, 0.2) is 40.8 Å². The van der Waals surface area contributed by atoms with Crippen molar-refractivity contribution >= 4 is 11.6 Å². The van der Waals surface area contributed by atoms with Gasteiger partial charge in [0.15, 0.2) is 5.22 Å². The van der Waals surface area contributed by atoms with Crippen LogP contribution >= 0.6 is 11.6 Å². The first-order valence-corrected chi connectivity index (χ1v) is 5.89. The summed E-state index contributed by atoms with van der Waals surface area (Å²) in [6.45, 7) is 0. The lowest BCUT2D eigenvalue weighted by Gasteiger charge is -2.16. The first-order valence-electron chi connectivity index (χ1n) is 5.51. The molecule has 0 radical (unpaired) electrons. The van der Waals surface area contributed by atoms with Gasteiger partial charge in [-0.3, -0.25) is 0 Å². The molecule has 2 rings (SSSR count). The summed E-state index contributed by atoms with van der Waals surface area (Å²) in [6, 6.07) is 7.80. The van der Waals surface area contributed by atoms with E-state index in [0.717, 1.165) is 12.1 Å². The van der Waals surface area contributed by atoms with Gasteiger partial charge in [-0.2, -0.15) is 13.2 Å². The maximum absolute atomic E-state index is 12.7. The predicted molar refractivity (Wildman–Crippen MR) is 66.1 cm³/mol. The zero-order chi connectivity index (χ0) is 14.0. The van der Waals surface area contributed by atoms with Crippen molar-refractivity contribution in [1.29, 1.82) is 0 Å². The van der Waals surface area contributed by atoms with Gasteiger partial charge in [0.1, 0.15) is 5.76 Å². The highest BCUT2D eigenvalue weighted by Crippen LogP contribution is 2.32. The van der Waals surface area contributed by atoms with Crippen LogP contribution < -0.4 is 5.32 Å². The molecule has 1 aromatic carbocycles. The molecule has 19 heavy (non-hydrogen) atoms. The summed E-state index contributed by atoms with van der Waals surface area (Å²) < 4.78 is 43.3. The Morgan fingerprint density at radius 1 is 1.21 bits per heavy atom. The van der Waals surface area contributed by atoms with E-state index in [2.05, 4.69) is 5.32 Å². The largest absolute Gasteiger partial charge is 0.448 e. The third-order valence-corrected chi connectivity index (χ3v) is 2.92. The zero-order valence-corrected chi connectivity index (χ0v) is 10.7. The molecule has 2 aromatic rings. The third kappa shape index (κ3) is 3.11. The summed E-state index contributed by atoms with van der Waals surface area (Å²) in [5.41, 5.74) is -0.230.